The Kier molecular flexibility index (Phi) is 7.19. The Hall–Kier alpha value is -1.38. The summed E-state index contributed by atoms with van der Waals surface area (Å²) in [5.41, 5.74) is 5.36. The van der Waals surface area contributed by atoms with Crippen LogP contribution >= 0.6 is 0 Å². The molecule has 0 radical (unpaired) electrons. The van der Waals surface area contributed by atoms with Crippen molar-refractivity contribution in [3.63, 3.8) is 0 Å². The van der Waals surface area contributed by atoms with Crippen molar-refractivity contribution in [2.24, 2.45) is 0 Å². The summed E-state index contributed by atoms with van der Waals surface area (Å²) < 4.78 is 1.09. The molecule has 32 heavy (non-hydrogen) atoms. The molecule has 0 unspecified atom stereocenters. The molecule has 1 fully saturated rings. The third kappa shape index (κ3) is 4.92. The Morgan fingerprint density at radius 1 is 0.594 bits per heavy atom. The van der Waals surface area contributed by atoms with Crippen LogP contribution in [0.3, 0.4) is 0 Å². The van der Waals surface area contributed by atoms with Crippen LogP contribution in [0.5, 0.6) is 0 Å². The molecule has 0 saturated carbocycles. The van der Waals surface area contributed by atoms with Crippen molar-refractivity contribution in [3.8, 4) is 0 Å². The van der Waals surface area contributed by atoms with Gasteiger partial charge in [-0.15, -0.1) is 0 Å². The Bertz CT molecular complexity index is 866. The van der Waals surface area contributed by atoms with Gasteiger partial charge in [0.15, 0.2) is 0 Å². The van der Waals surface area contributed by atoms with Crippen LogP contribution < -0.4 is 9.62 Å². The van der Waals surface area contributed by atoms with Gasteiger partial charge in [-0.2, -0.15) is 0 Å². The zero-order valence-electron chi connectivity index (χ0n) is 21.4. The average molecular weight is 523 g/mol. The number of hydrogen-bond acceptors (Lipinski definition) is 4. The molecule has 0 amide bonds. The van der Waals surface area contributed by atoms with Crippen LogP contribution in [-0.2, 0) is 29.6 Å². The van der Waals surface area contributed by atoms with E-state index in [9.17, 15) is 0 Å². The molecule has 2 aromatic rings. The summed E-state index contributed by atoms with van der Waals surface area (Å²) in [5.74, 6) is 0. The molecule has 0 atom stereocenters. The molecule has 0 spiro atoms. The fraction of sp³-hybridized carbons (Fsp3) is 0.480. The van der Waals surface area contributed by atoms with Gasteiger partial charge in [0.2, 0.25) is 0 Å². The van der Waals surface area contributed by atoms with E-state index in [-0.39, 0.29) is 24.6 Å². The first-order valence-corrected chi connectivity index (χ1v) is 12.1. The van der Waals surface area contributed by atoms with Gasteiger partial charge in [-0.05, 0) is 0 Å². The van der Waals surface area contributed by atoms with E-state index in [1.165, 1.54) is 22.5 Å². The van der Waals surface area contributed by atoms with E-state index < -0.39 is 0 Å². The second-order valence-electron chi connectivity index (χ2n) is 11.3. The zero-order valence-corrected chi connectivity index (χ0v) is 22.9. The zero-order chi connectivity index (χ0) is 24.0. The van der Waals surface area contributed by atoms with Gasteiger partial charge in [-0.3, -0.25) is 0 Å². The van der Waals surface area contributed by atoms with Crippen LogP contribution in [0.1, 0.15) is 52.7 Å². The molecule has 1 aliphatic heterocycles. The van der Waals surface area contributed by atoms with Crippen LogP contribution in [0.25, 0.3) is 0 Å². The van der Waals surface area contributed by atoms with Crippen LogP contribution in [0.15, 0.2) is 48.5 Å². The molecule has 0 aliphatic carbocycles. The minimum absolute atomic E-state index is 0.140. The number of hydrogen-bond donors (Lipinski definition) is 0. The van der Waals surface area contributed by atoms with Crippen LogP contribution in [-0.4, -0.2) is 55.8 Å². The van der Waals surface area contributed by atoms with Gasteiger partial charge in [0.1, 0.15) is 0 Å². The van der Waals surface area contributed by atoms with Gasteiger partial charge < -0.3 is 0 Å². The number of anilines is 2. The predicted octanol–water partition coefficient (Wildman–Crippen LogP) is 4.42. The normalized spacial score (nSPS) is 15.6. The SMILES string of the molecule is CN(C)B1B(N(C)C)N(c2ccc(C(C)(C)C)cc2)[C](=[Pd])N1c1ccc(C(C)(C)C)cc1. The molecular weight excluding hydrogens is 484 g/mol. The molecule has 174 valence electrons. The molecule has 4 nitrogen and oxygen atoms in total. The summed E-state index contributed by atoms with van der Waals surface area (Å²) in [6, 6.07) is 18.1. The maximum absolute atomic E-state index is 3.64. The van der Waals surface area contributed by atoms with E-state index >= 15 is 0 Å². The van der Waals surface area contributed by atoms with Crippen molar-refractivity contribution < 1.29 is 18.7 Å². The summed E-state index contributed by atoms with van der Waals surface area (Å²) in [7, 11) is 8.64. The molecule has 7 heteroatoms. The van der Waals surface area contributed by atoms with E-state index in [0.717, 1.165) is 4.23 Å². The summed E-state index contributed by atoms with van der Waals surface area (Å²) in [6.45, 7) is 13.9. The molecule has 0 aromatic heterocycles. The van der Waals surface area contributed by atoms with Crippen LogP contribution in [0.2, 0.25) is 0 Å². The van der Waals surface area contributed by atoms with Crippen molar-refractivity contribution in [2.45, 2.75) is 52.4 Å². The van der Waals surface area contributed by atoms with Crippen LogP contribution in [0.4, 0.5) is 11.4 Å². The first kappa shape index (κ1) is 25.2. The Balaban J connectivity index is 2.06. The summed E-state index contributed by atoms with van der Waals surface area (Å²) in [4.78, 5) is 9.44. The fourth-order valence-corrected chi connectivity index (χ4v) is 5.14. The number of benzene rings is 2. The molecule has 3 rings (SSSR count). The topological polar surface area (TPSA) is 13.0 Å². The molecule has 1 heterocycles. The summed E-state index contributed by atoms with van der Waals surface area (Å²) in [6.07, 6.45) is 0. The van der Waals surface area contributed by atoms with Crippen molar-refractivity contribution in [3.05, 3.63) is 59.7 Å². The predicted molar refractivity (Wildman–Crippen MR) is 139 cm³/mol. The quantitative estimate of drug-likeness (QED) is 0.552. The minimum atomic E-state index is 0.140. The van der Waals surface area contributed by atoms with E-state index in [4.69, 9.17) is 0 Å². The molecule has 2 aromatic carbocycles. The molecule has 0 bridgehead atoms. The van der Waals surface area contributed by atoms with Gasteiger partial charge in [0.05, 0.1) is 0 Å². The second kappa shape index (κ2) is 9.11. The molecular formula is C25H38B2N4Pd. The van der Waals surface area contributed by atoms with Gasteiger partial charge in [-0.25, -0.2) is 0 Å². The first-order chi connectivity index (χ1) is 14.7. The van der Waals surface area contributed by atoms with E-state index in [2.05, 4.69) is 156 Å². The second-order valence-corrected chi connectivity index (χ2v) is 12.0. The van der Waals surface area contributed by atoms with E-state index in [1.807, 2.05) is 0 Å². The Labute approximate surface area is 207 Å². The standard InChI is InChI=1S/C25H38B2N4.Pd/c1-24(2,3)20-11-15-22(16-12-20)30-19-31(27(29(9)10)26(30)28(7)8)23-17-13-21(14-18-23)25(4,5)6;/h11-18H,1-10H3;. The molecule has 0 N–H and O–H groups in total. The van der Waals surface area contributed by atoms with Crippen molar-refractivity contribution in [1.29, 1.82) is 0 Å². The summed E-state index contributed by atoms with van der Waals surface area (Å²) in [5, 5.41) is 0. The number of nitrogens with zero attached hydrogens (tertiary/aromatic N) is 4. The van der Waals surface area contributed by atoms with Crippen molar-refractivity contribution >= 4 is 29.4 Å². The Morgan fingerprint density at radius 2 is 0.875 bits per heavy atom. The first-order valence-electron chi connectivity index (χ1n) is 11.4. The van der Waals surface area contributed by atoms with Gasteiger partial charge in [0, 0.05) is 0 Å². The van der Waals surface area contributed by atoms with Crippen molar-refractivity contribution in [2.75, 3.05) is 37.8 Å². The van der Waals surface area contributed by atoms with E-state index in [1.54, 1.807) is 0 Å². The monoisotopic (exact) mass is 522 g/mol. The van der Waals surface area contributed by atoms with Gasteiger partial charge in [0.25, 0.3) is 0 Å². The molecule has 1 aliphatic rings. The van der Waals surface area contributed by atoms with E-state index in [0.29, 0.717) is 0 Å². The molecule has 1 saturated heterocycles. The Morgan fingerprint density at radius 3 is 1.09 bits per heavy atom. The fourth-order valence-electron chi connectivity index (χ4n) is 4.33. The van der Waals surface area contributed by atoms with Crippen LogP contribution in [0, 0.1) is 0 Å². The van der Waals surface area contributed by atoms with Gasteiger partial charge in [-0.1, -0.05) is 0 Å². The third-order valence-corrected chi connectivity index (χ3v) is 6.99. The van der Waals surface area contributed by atoms with Gasteiger partial charge >= 0.3 is 208 Å². The third-order valence-electron chi connectivity index (χ3n) is 6.24. The number of rotatable bonds is 4. The maximum atomic E-state index is 3.64. The summed E-state index contributed by atoms with van der Waals surface area (Å²) >= 11 is 3.64. The van der Waals surface area contributed by atoms with Crippen molar-refractivity contribution in [1.82, 2.24) is 9.62 Å². The average Bonchev–Trinajstić information content (AvgIpc) is 3.00.